The molecular formula is C21H32FN3O3. The summed E-state index contributed by atoms with van der Waals surface area (Å²) in [5, 5.41) is 2.95. The molecule has 0 aromatic heterocycles. The van der Waals surface area contributed by atoms with E-state index in [4.69, 9.17) is 4.74 Å². The number of hydrogen-bond donors (Lipinski definition) is 1. The summed E-state index contributed by atoms with van der Waals surface area (Å²) < 4.78 is 18.6. The Bertz CT molecular complexity index is 667. The molecular weight excluding hydrogens is 361 g/mol. The SMILES string of the molecule is CC(Cc1cccc(F)c1)C(=O)NCCN1CCN(C(=O)OC(C)(C)C)CC1. The largest absolute Gasteiger partial charge is 0.444 e. The number of piperazine rings is 1. The Balaban J connectivity index is 1.65. The van der Waals surface area contributed by atoms with Gasteiger partial charge < -0.3 is 15.0 Å². The lowest BCUT2D eigenvalue weighted by Crippen LogP contribution is -2.51. The van der Waals surface area contributed by atoms with Crippen molar-refractivity contribution in [2.45, 2.75) is 39.7 Å². The molecule has 1 saturated heterocycles. The van der Waals surface area contributed by atoms with Gasteiger partial charge in [0.2, 0.25) is 5.91 Å². The first-order chi connectivity index (χ1) is 13.1. The van der Waals surface area contributed by atoms with Crippen LogP contribution in [0.3, 0.4) is 0 Å². The molecule has 1 aromatic carbocycles. The van der Waals surface area contributed by atoms with Gasteiger partial charge in [0, 0.05) is 45.2 Å². The average Bonchev–Trinajstić information content (AvgIpc) is 2.60. The lowest BCUT2D eigenvalue weighted by atomic mass is 10.0. The minimum Gasteiger partial charge on any atom is -0.444 e. The maximum absolute atomic E-state index is 13.2. The number of amides is 2. The molecule has 0 aliphatic carbocycles. The van der Waals surface area contributed by atoms with Gasteiger partial charge in [0.05, 0.1) is 0 Å². The van der Waals surface area contributed by atoms with E-state index >= 15 is 0 Å². The summed E-state index contributed by atoms with van der Waals surface area (Å²) >= 11 is 0. The minimum absolute atomic E-state index is 0.0309. The Labute approximate surface area is 167 Å². The molecule has 7 heteroatoms. The Morgan fingerprint density at radius 3 is 2.50 bits per heavy atom. The van der Waals surface area contributed by atoms with Gasteiger partial charge in [-0.3, -0.25) is 9.69 Å². The van der Waals surface area contributed by atoms with Crippen LogP contribution in [0.1, 0.15) is 33.3 Å². The maximum atomic E-state index is 13.2. The third kappa shape index (κ3) is 7.46. The van der Waals surface area contributed by atoms with Crippen molar-refractivity contribution >= 4 is 12.0 Å². The van der Waals surface area contributed by atoms with E-state index in [9.17, 15) is 14.0 Å². The summed E-state index contributed by atoms with van der Waals surface area (Å²) in [5.41, 5.74) is 0.335. The molecule has 1 aliphatic heterocycles. The molecule has 6 nitrogen and oxygen atoms in total. The number of carbonyl (C=O) groups excluding carboxylic acids is 2. The Hall–Kier alpha value is -2.15. The number of carbonyl (C=O) groups is 2. The van der Waals surface area contributed by atoms with Crippen molar-refractivity contribution in [1.82, 2.24) is 15.1 Å². The molecule has 2 rings (SSSR count). The predicted molar refractivity (Wildman–Crippen MR) is 107 cm³/mol. The van der Waals surface area contributed by atoms with Gasteiger partial charge in [0.1, 0.15) is 11.4 Å². The van der Waals surface area contributed by atoms with Crippen LogP contribution >= 0.6 is 0 Å². The van der Waals surface area contributed by atoms with Gasteiger partial charge in [-0.15, -0.1) is 0 Å². The van der Waals surface area contributed by atoms with Crippen molar-refractivity contribution in [3.05, 3.63) is 35.6 Å². The van der Waals surface area contributed by atoms with Crippen LogP contribution in [0, 0.1) is 11.7 Å². The van der Waals surface area contributed by atoms with E-state index in [1.54, 1.807) is 11.0 Å². The highest BCUT2D eigenvalue weighted by Gasteiger charge is 2.25. The Morgan fingerprint density at radius 2 is 1.89 bits per heavy atom. The Kier molecular flexibility index (Phi) is 7.80. The van der Waals surface area contributed by atoms with Crippen LogP contribution in [0.4, 0.5) is 9.18 Å². The van der Waals surface area contributed by atoms with Crippen molar-refractivity contribution in [3.8, 4) is 0 Å². The zero-order chi connectivity index (χ0) is 20.7. The molecule has 1 aliphatic rings. The van der Waals surface area contributed by atoms with E-state index in [-0.39, 0.29) is 23.7 Å². The fourth-order valence-corrected chi connectivity index (χ4v) is 3.10. The van der Waals surface area contributed by atoms with Gasteiger partial charge in [0.15, 0.2) is 0 Å². The van der Waals surface area contributed by atoms with E-state index in [0.717, 1.165) is 25.2 Å². The van der Waals surface area contributed by atoms with Crippen LogP contribution in [0.5, 0.6) is 0 Å². The lowest BCUT2D eigenvalue weighted by Gasteiger charge is -2.35. The second kappa shape index (κ2) is 9.87. The number of nitrogens with one attached hydrogen (secondary N) is 1. The molecule has 1 atom stereocenters. The summed E-state index contributed by atoms with van der Waals surface area (Å²) in [4.78, 5) is 28.3. The summed E-state index contributed by atoms with van der Waals surface area (Å²) in [5.74, 6) is -0.530. The molecule has 1 aromatic rings. The zero-order valence-corrected chi connectivity index (χ0v) is 17.3. The Morgan fingerprint density at radius 1 is 1.21 bits per heavy atom. The van der Waals surface area contributed by atoms with E-state index < -0.39 is 5.60 Å². The number of nitrogens with zero attached hydrogens (tertiary/aromatic N) is 2. The lowest BCUT2D eigenvalue weighted by molar-refractivity contribution is -0.124. The van der Waals surface area contributed by atoms with Crippen molar-refractivity contribution in [2.24, 2.45) is 5.92 Å². The van der Waals surface area contributed by atoms with Gasteiger partial charge in [-0.2, -0.15) is 0 Å². The van der Waals surface area contributed by atoms with Crippen molar-refractivity contribution in [3.63, 3.8) is 0 Å². The highest BCUT2D eigenvalue weighted by atomic mass is 19.1. The average molecular weight is 394 g/mol. The van der Waals surface area contributed by atoms with Crippen molar-refractivity contribution in [2.75, 3.05) is 39.3 Å². The van der Waals surface area contributed by atoms with E-state index in [1.165, 1.54) is 12.1 Å². The van der Waals surface area contributed by atoms with Crippen LogP contribution in [-0.4, -0.2) is 66.7 Å². The fraction of sp³-hybridized carbons (Fsp3) is 0.619. The minimum atomic E-state index is -0.485. The standard InChI is InChI=1S/C21H32FN3O3/c1-16(14-17-6-5-7-18(22)15-17)19(26)23-8-9-24-10-12-25(13-11-24)20(27)28-21(2,3)4/h5-7,15-16H,8-14H2,1-4H3,(H,23,26). The number of benzene rings is 1. The van der Waals surface area contributed by atoms with E-state index in [1.807, 2.05) is 33.8 Å². The smallest absolute Gasteiger partial charge is 0.410 e. The first-order valence-corrected chi connectivity index (χ1v) is 9.86. The highest BCUT2D eigenvalue weighted by molar-refractivity contribution is 5.78. The molecule has 156 valence electrons. The number of hydrogen-bond acceptors (Lipinski definition) is 4. The van der Waals surface area contributed by atoms with Crippen LogP contribution in [0.2, 0.25) is 0 Å². The zero-order valence-electron chi connectivity index (χ0n) is 17.3. The van der Waals surface area contributed by atoms with Gasteiger partial charge in [-0.25, -0.2) is 9.18 Å². The highest BCUT2D eigenvalue weighted by Crippen LogP contribution is 2.12. The van der Waals surface area contributed by atoms with Crippen LogP contribution in [-0.2, 0) is 16.0 Å². The van der Waals surface area contributed by atoms with Crippen molar-refractivity contribution < 1.29 is 18.7 Å². The monoisotopic (exact) mass is 393 g/mol. The third-order valence-corrected chi connectivity index (χ3v) is 4.63. The summed E-state index contributed by atoms with van der Waals surface area (Å²) in [6.45, 7) is 11.5. The third-order valence-electron chi connectivity index (χ3n) is 4.63. The van der Waals surface area contributed by atoms with E-state index in [2.05, 4.69) is 10.2 Å². The second-order valence-electron chi connectivity index (χ2n) is 8.34. The first kappa shape index (κ1) is 22.1. The number of halogens is 1. The predicted octanol–water partition coefficient (Wildman–Crippen LogP) is 2.67. The molecule has 1 fully saturated rings. The van der Waals surface area contributed by atoms with Gasteiger partial charge in [-0.1, -0.05) is 19.1 Å². The fourth-order valence-electron chi connectivity index (χ4n) is 3.10. The van der Waals surface area contributed by atoms with Crippen LogP contribution < -0.4 is 5.32 Å². The topological polar surface area (TPSA) is 61.9 Å². The van der Waals surface area contributed by atoms with Gasteiger partial charge >= 0.3 is 6.09 Å². The molecule has 2 amide bonds. The molecule has 28 heavy (non-hydrogen) atoms. The van der Waals surface area contributed by atoms with Crippen molar-refractivity contribution in [1.29, 1.82) is 0 Å². The maximum Gasteiger partial charge on any atom is 0.410 e. The summed E-state index contributed by atoms with van der Waals surface area (Å²) in [7, 11) is 0. The molecule has 0 radical (unpaired) electrons. The number of ether oxygens (including phenoxy) is 1. The van der Waals surface area contributed by atoms with Gasteiger partial charge in [-0.05, 0) is 44.9 Å². The quantitative estimate of drug-likeness (QED) is 0.807. The molecule has 1 N–H and O–H groups in total. The summed E-state index contributed by atoms with van der Waals surface area (Å²) in [6, 6.07) is 6.36. The van der Waals surface area contributed by atoms with Gasteiger partial charge in [0.25, 0.3) is 0 Å². The molecule has 0 bridgehead atoms. The van der Waals surface area contributed by atoms with E-state index in [0.29, 0.717) is 26.1 Å². The second-order valence-corrected chi connectivity index (χ2v) is 8.34. The normalized spacial score (nSPS) is 16.5. The molecule has 1 unspecified atom stereocenters. The molecule has 0 spiro atoms. The van der Waals surface area contributed by atoms with Crippen LogP contribution in [0.25, 0.3) is 0 Å². The molecule has 0 saturated carbocycles. The molecule has 1 heterocycles. The first-order valence-electron chi connectivity index (χ1n) is 9.86. The number of rotatable bonds is 6. The van der Waals surface area contributed by atoms with Crippen LogP contribution in [0.15, 0.2) is 24.3 Å². The summed E-state index contributed by atoms with van der Waals surface area (Å²) in [6.07, 6.45) is 0.240.